The fraction of sp³-hybridized carbons (Fsp3) is 0.154. The summed E-state index contributed by atoms with van der Waals surface area (Å²) in [6.07, 6.45) is 1.49. The number of benzene rings is 3. The number of methoxy groups -OCH3 is 2. The zero-order valence-corrected chi connectivity index (χ0v) is 18.0. The summed E-state index contributed by atoms with van der Waals surface area (Å²) in [4.78, 5) is 25.7. The molecular formula is C26H20O7. The van der Waals surface area contributed by atoms with Gasteiger partial charge >= 0.3 is 5.97 Å². The van der Waals surface area contributed by atoms with Crippen LogP contribution in [-0.2, 0) is 4.79 Å². The molecule has 0 saturated carbocycles. The molecule has 1 atom stereocenters. The maximum atomic E-state index is 13.3. The van der Waals surface area contributed by atoms with E-state index < -0.39 is 5.92 Å². The third-order valence-corrected chi connectivity index (χ3v) is 5.87. The van der Waals surface area contributed by atoms with Crippen molar-refractivity contribution in [1.82, 2.24) is 0 Å². The quantitative estimate of drug-likeness (QED) is 0.362. The molecule has 0 spiro atoms. The van der Waals surface area contributed by atoms with Crippen molar-refractivity contribution < 1.29 is 28.5 Å². The summed E-state index contributed by atoms with van der Waals surface area (Å²) in [5.74, 6) is 0.809. The Morgan fingerprint density at radius 1 is 0.939 bits per heavy atom. The van der Waals surface area contributed by atoms with Gasteiger partial charge in [0.15, 0.2) is 11.5 Å². The first-order valence-electron chi connectivity index (χ1n) is 10.3. The smallest absolute Gasteiger partial charge is 0.312 e. The number of ether oxygens (including phenoxy) is 3. The third kappa shape index (κ3) is 3.47. The minimum absolute atomic E-state index is 0.0883. The molecule has 1 aliphatic rings. The normalized spacial score (nSPS) is 15.1. The first-order valence-corrected chi connectivity index (χ1v) is 10.3. The van der Waals surface area contributed by atoms with Gasteiger partial charge in [0.05, 0.1) is 31.6 Å². The molecule has 0 unspecified atom stereocenters. The molecule has 0 saturated heterocycles. The topological polar surface area (TPSA) is 95.2 Å². The van der Waals surface area contributed by atoms with E-state index in [-0.39, 0.29) is 23.6 Å². The molecule has 4 aromatic rings. The number of hydrogen-bond acceptors (Lipinski definition) is 7. The van der Waals surface area contributed by atoms with E-state index in [0.29, 0.717) is 44.9 Å². The molecule has 0 amide bonds. The second-order valence-electron chi connectivity index (χ2n) is 7.72. The van der Waals surface area contributed by atoms with Crippen LogP contribution in [0.4, 0.5) is 0 Å². The summed E-state index contributed by atoms with van der Waals surface area (Å²) in [5.41, 5.74) is 2.60. The number of carbonyl (C=O) groups excluding carboxylic acids is 1. The molecule has 2 heterocycles. The average Bonchev–Trinajstić information content (AvgIpc) is 2.83. The number of phenols is 1. The van der Waals surface area contributed by atoms with Crippen LogP contribution in [0.1, 0.15) is 23.5 Å². The zero-order valence-electron chi connectivity index (χ0n) is 18.0. The number of esters is 1. The van der Waals surface area contributed by atoms with Crippen LogP contribution in [0.3, 0.4) is 0 Å². The Hall–Kier alpha value is -4.26. The number of carbonyl (C=O) groups is 1. The standard InChI is InChI=1S/C26H20O7/c1-30-20-9-5-15(11-22(20)31-2)18-12-23(28)33-21-10-8-17-25(29)19(13-32-26(17)24(18)21)14-3-6-16(27)7-4-14/h3-11,13,18,27H,12H2,1-2H3/t18-/m0/s1. The summed E-state index contributed by atoms with van der Waals surface area (Å²) in [6, 6.07) is 15.0. The molecule has 7 heteroatoms. The summed E-state index contributed by atoms with van der Waals surface area (Å²) in [6.45, 7) is 0. The molecule has 1 aromatic heterocycles. The van der Waals surface area contributed by atoms with E-state index in [1.165, 1.54) is 18.4 Å². The number of rotatable bonds is 4. The number of aromatic hydroxyl groups is 1. The van der Waals surface area contributed by atoms with E-state index in [9.17, 15) is 14.7 Å². The first-order chi connectivity index (χ1) is 16.0. The highest BCUT2D eigenvalue weighted by molar-refractivity contribution is 5.90. The van der Waals surface area contributed by atoms with Crippen molar-refractivity contribution >= 4 is 16.9 Å². The van der Waals surface area contributed by atoms with Crippen LogP contribution in [0.2, 0.25) is 0 Å². The summed E-state index contributed by atoms with van der Waals surface area (Å²) in [7, 11) is 3.10. The largest absolute Gasteiger partial charge is 0.508 e. The number of phenolic OH excluding ortho intramolecular Hbond substituents is 1. The van der Waals surface area contributed by atoms with Gasteiger partial charge in [-0.3, -0.25) is 9.59 Å². The monoisotopic (exact) mass is 444 g/mol. The Balaban J connectivity index is 1.70. The van der Waals surface area contributed by atoms with Gasteiger partial charge in [-0.05, 0) is 47.5 Å². The van der Waals surface area contributed by atoms with Crippen LogP contribution < -0.4 is 19.6 Å². The minimum atomic E-state index is -0.396. The van der Waals surface area contributed by atoms with E-state index in [0.717, 1.165) is 5.56 Å². The van der Waals surface area contributed by atoms with Gasteiger partial charge in [-0.25, -0.2) is 0 Å². The van der Waals surface area contributed by atoms with E-state index in [1.807, 2.05) is 12.1 Å². The molecule has 33 heavy (non-hydrogen) atoms. The molecule has 3 aromatic carbocycles. The first kappa shape index (κ1) is 20.6. The van der Waals surface area contributed by atoms with Crippen LogP contribution in [0.25, 0.3) is 22.1 Å². The lowest BCUT2D eigenvalue weighted by Crippen LogP contribution is -2.22. The van der Waals surface area contributed by atoms with Crippen LogP contribution in [0.5, 0.6) is 23.0 Å². The van der Waals surface area contributed by atoms with Gasteiger partial charge in [-0.1, -0.05) is 18.2 Å². The Kier molecular flexibility index (Phi) is 5.01. The van der Waals surface area contributed by atoms with Crippen LogP contribution in [0, 0.1) is 0 Å². The third-order valence-electron chi connectivity index (χ3n) is 5.87. The molecule has 0 aliphatic carbocycles. The van der Waals surface area contributed by atoms with Crippen molar-refractivity contribution in [3.8, 4) is 34.1 Å². The van der Waals surface area contributed by atoms with Crippen LogP contribution in [0.15, 0.2) is 70.1 Å². The minimum Gasteiger partial charge on any atom is -0.508 e. The van der Waals surface area contributed by atoms with E-state index >= 15 is 0 Å². The second kappa shape index (κ2) is 8.02. The molecular weight excluding hydrogens is 424 g/mol. The van der Waals surface area contributed by atoms with Crippen molar-refractivity contribution in [3.05, 3.63) is 82.2 Å². The molecule has 1 N–H and O–H groups in total. The van der Waals surface area contributed by atoms with Crippen molar-refractivity contribution in [2.45, 2.75) is 12.3 Å². The van der Waals surface area contributed by atoms with E-state index in [2.05, 4.69) is 0 Å². The second-order valence-corrected chi connectivity index (χ2v) is 7.72. The van der Waals surface area contributed by atoms with Crippen molar-refractivity contribution in [2.24, 2.45) is 0 Å². The summed E-state index contributed by atoms with van der Waals surface area (Å²) in [5, 5.41) is 9.92. The highest BCUT2D eigenvalue weighted by Crippen LogP contribution is 2.44. The Labute approximate surface area is 188 Å². The molecule has 1 aliphatic heterocycles. The molecule has 0 fully saturated rings. The van der Waals surface area contributed by atoms with Gasteiger partial charge in [-0.15, -0.1) is 0 Å². The fourth-order valence-electron chi connectivity index (χ4n) is 4.25. The predicted molar refractivity (Wildman–Crippen MR) is 121 cm³/mol. The molecule has 0 bridgehead atoms. The number of hydrogen-bond donors (Lipinski definition) is 1. The van der Waals surface area contributed by atoms with Crippen LogP contribution >= 0.6 is 0 Å². The van der Waals surface area contributed by atoms with Crippen molar-refractivity contribution in [1.29, 1.82) is 0 Å². The van der Waals surface area contributed by atoms with Crippen molar-refractivity contribution in [2.75, 3.05) is 14.2 Å². The van der Waals surface area contributed by atoms with Gasteiger partial charge in [0.2, 0.25) is 5.43 Å². The van der Waals surface area contributed by atoms with Gasteiger partial charge < -0.3 is 23.7 Å². The lowest BCUT2D eigenvalue weighted by molar-refractivity contribution is -0.135. The highest BCUT2D eigenvalue weighted by Gasteiger charge is 2.32. The van der Waals surface area contributed by atoms with E-state index in [1.54, 1.807) is 44.6 Å². The van der Waals surface area contributed by atoms with Gasteiger partial charge in [0, 0.05) is 11.5 Å². The molecule has 7 nitrogen and oxygen atoms in total. The van der Waals surface area contributed by atoms with Crippen LogP contribution in [-0.4, -0.2) is 25.3 Å². The number of fused-ring (bicyclic) bond motifs is 3. The average molecular weight is 444 g/mol. The van der Waals surface area contributed by atoms with E-state index in [4.69, 9.17) is 18.6 Å². The van der Waals surface area contributed by atoms with Gasteiger partial charge in [-0.2, -0.15) is 0 Å². The highest BCUT2D eigenvalue weighted by atomic mass is 16.5. The van der Waals surface area contributed by atoms with Gasteiger partial charge in [0.25, 0.3) is 0 Å². The molecule has 0 radical (unpaired) electrons. The zero-order chi connectivity index (χ0) is 23.1. The Morgan fingerprint density at radius 2 is 1.70 bits per heavy atom. The lowest BCUT2D eigenvalue weighted by atomic mass is 9.85. The molecule has 166 valence electrons. The maximum Gasteiger partial charge on any atom is 0.312 e. The fourth-order valence-corrected chi connectivity index (χ4v) is 4.25. The Morgan fingerprint density at radius 3 is 2.42 bits per heavy atom. The Bertz CT molecular complexity index is 1430. The van der Waals surface area contributed by atoms with Gasteiger partial charge in [0.1, 0.15) is 23.3 Å². The SMILES string of the molecule is COc1ccc([C@@H]2CC(=O)Oc3ccc4c(=O)c(-c5ccc(O)cc5)coc4c32)cc1OC. The maximum absolute atomic E-state index is 13.3. The van der Waals surface area contributed by atoms with Crippen molar-refractivity contribution in [3.63, 3.8) is 0 Å². The lowest BCUT2D eigenvalue weighted by Gasteiger charge is -2.26. The summed E-state index contributed by atoms with van der Waals surface area (Å²) < 4.78 is 22.2. The molecule has 5 rings (SSSR count). The summed E-state index contributed by atoms with van der Waals surface area (Å²) >= 11 is 0. The predicted octanol–water partition coefficient (Wildman–Crippen LogP) is 4.62.